The van der Waals surface area contributed by atoms with Gasteiger partial charge in [0.25, 0.3) is 11.8 Å². The molecule has 0 bridgehead atoms. The van der Waals surface area contributed by atoms with Crippen LogP contribution in [0, 0.1) is 0 Å². The van der Waals surface area contributed by atoms with E-state index in [1.54, 1.807) is 32.9 Å². The molecule has 1 fully saturated rings. The number of rotatable bonds is 6. The van der Waals surface area contributed by atoms with Crippen molar-refractivity contribution in [3.8, 4) is 5.75 Å². The molecule has 1 aliphatic rings. The Morgan fingerprint density at radius 1 is 1.00 bits per heavy atom. The Balaban J connectivity index is 1.79. The highest BCUT2D eigenvalue weighted by Crippen LogP contribution is 2.23. The highest BCUT2D eigenvalue weighted by Gasteiger charge is 2.29. The van der Waals surface area contributed by atoms with Crippen LogP contribution in [0.3, 0.4) is 0 Å². The zero-order valence-corrected chi connectivity index (χ0v) is 19.4. The van der Waals surface area contributed by atoms with Gasteiger partial charge >= 0.3 is 12.0 Å². The van der Waals surface area contributed by atoms with Gasteiger partial charge in [0.05, 0.1) is 5.56 Å². The molecule has 1 heterocycles. The second-order valence-corrected chi connectivity index (χ2v) is 9.07. The van der Waals surface area contributed by atoms with Gasteiger partial charge in [0.1, 0.15) is 5.75 Å². The molecule has 0 saturated carbocycles. The van der Waals surface area contributed by atoms with Crippen LogP contribution >= 0.6 is 0 Å². The van der Waals surface area contributed by atoms with Crippen molar-refractivity contribution < 1.29 is 28.7 Å². The van der Waals surface area contributed by atoms with Crippen LogP contribution in [-0.4, -0.2) is 59.6 Å². The van der Waals surface area contributed by atoms with Crippen molar-refractivity contribution in [3.63, 3.8) is 0 Å². The SMILES string of the molecule is CC1CCCC(C)N1C(=O)COc1ccc(C(=O)OCC(=O)NC(=O)NC(C)(C)C)cc1. The highest BCUT2D eigenvalue weighted by atomic mass is 16.5. The van der Waals surface area contributed by atoms with Crippen molar-refractivity contribution in [2.45, 2.75) is 71.5 Å². The molecule has 9 heteroatoms. The van der Waals surface area contributed by atoms with E-state index >= 15 is 0 Å². The largest absolute Gasteiger partial charge is 0.484 e. The summed E-state index contributed by atoms with van der Waals surface area (Å²) in [5.41, 5.74) is -0.284. The van der Waals surface area contributed by atoms with E-state index < -0.39 is 30.1 Å². The molecule has 1 aliphatic heterocycles. The molecule has 2 unspecified atom stereocenters. The minimum absolute atomic E-state index is 0.0605. The summed E-state index contributed by atoms with van der Waals surface area (Å²) in [4.78, 5) is 49.9. The maximum Gasteiger partial charge on any atom is 0.338 e. The van der Waals surface area contributed by atoms with Crippen LogP contribution in [0.2, 0.25) is 0 Å². The fraction of sp³-hybridized carbons (Fsp3) is 0.565. The molecule has 1 aromatic rings. The zero-order chi connectivity index (χ0) is 23.9. The lowest BCUT2D eigenvalue weighted by atomic mass is 9.97. The Labute approximate surface area is 188 Å². The van der Waals surface area contributed by atoms with Gasteiger partial charge in [-0.05, 0) is 78.1 Å². The number of hydrogen-bond acceptors (Lipinski definition) is 6. The Hall–Kier alpha value is -3.10. The topological polar surface area (TPSA) is 114 Å². The molecule has 0 radical (unpaired) electrons. The first kappa shape index (κ1) is 25.2. The lowest BCUT2D eigenvalue weighted by Crippen LogP contribution is -2.49. The first-order valence-electron chi connectivity index (χ1n) is 10.8. The summed E-state index contributed by atoms with van der Waals surface area (Å²) < 4.78 is 10.5. The van der Waals surface area contributed by atoms with Gasteiger partial charge in [-0.1, -0.05) is 0 Å². The molecule has 1 saturated heterocycles. The zero-order valence-electron chi connectivity index (χ0n) is 19.4. The second-order valence-electron chi connectivity index (χ2n) is 9.07. The number of esters is 1. The van der Waals surface area contributed by atoms with Crippen molar-refractivity contribution in [1.82, 2.24) is 15.5 Å². The van der Waals surface area contributed by atoms with E-state index in [1.807, 2.05) is 18.7 Å². The first-order chi connectivity index (χ1) is 15.0. The molecule has 0 spiro atoms. The molecular weight excluding hydrogens is 414 g/mol. The van der Waals surface area contributed by atoms with Gasteiger partial charge in [-0.3, -0.25) is 14.9 Å². The summed E-state index contributed by atoms with van der Waals surface area (Å²) in [6.07, 6.45) is 3.11. The van der Waals surface area contributed by atoms with Crippen molar-refractivity contribution in [1.29, 1.82) is 0 Å². The fourth-order valence-corrected chi connectivity index (χ4v) is 3.57. The summed E-state index contributed by atoms with van der Waals surface area (Å²) in [5.74, 6) is -1.06. The Morgan fingerprint density at radius 2 is 1.59 bits per heavy atom. The molecule has 1 aromatic carbocycles. The van der Waals surface area contributed by atoms with Gasteiger partial charge in [0.2, 0.25) is 0 Å². The quantitative estimate of drug-likeness (QED) is 0.648. The summed E-state index contributed by atoms with van der Waals surface area (Å²) in [7, 11) is 0. The number of urea groups is 1. The molecule has 0 aromatic heterocycles. The monoisotopic (exact) mass is 447 g/mol. The lowest BCUT2D eigenvalue weighted by molar-refractivity contribution is -0.139. The summed E-state index contributed by atoms with van der Waals surface area (Å²) in [6.45, 7) is 8.75. The predicted molar refractivity (Wildman–Crippen MR) is 118 cm³/mol. The highest BCUT2D eigenvalue weighted by molar-refractivity contribution is 5.97. The third-order valence-electron chi connectivity index (χ3n) is 5.01. The lowest BCUT2D eigenvalue weighted by Gasteiger charge is -2.38. The van der Waals surface area contributed by atoms with Gasteiger partial charge in [-0.15, -0.1) is 0 Å². The van der Waals surface area contributed by atoms with E-state index in [-0.39, 0.29) is 30.2 Å². The first-order valence-corrected chi connectivity index (χ1v) is 10.8. The van der Waals surface area contributed by atoms with E-state index in [9.17, 15) is 19.2 Å². The van der Waals surface area contributed by atoms with Gasteiger partial charge < -0.3 is 19.7 Å². The molecule has 2 N–H and O–H groups in total. The minimum atomic E-state index is -0.736. The summed E-state index contributed by atoms with van der Waals surface area (Å²) >= 11 is 0. The number of amides is 4. The molecule has 0 aliphatic carbocycles. The average molecular weight is 448 g/mol. The molecule has 2 rings (SSSR count). The smallest absolute Gasteiger partial charge is 0.338 e. The molecule has 4 amide bonds. The number of ether oxygens (including phenoxy) is 2. The number of carbonyl (C=O) groups excluding carboxylic acids is 4. The number of nitrogens with one attached hydrogen (secondary N) is 2. The van der Waals surface area contributed by atoms with Crippen molar-refractivity contribution in [3.05, 3.63) is 29.8 Å². The molecular formula is C23H33N3O6. The second kappa shape index (κ2) is 11.0. The van der Waals surface area contributed by atoms with Crippen LogP contribution in [0.4, 0.5) is 4.79 Å². The van der Waals surface area contributed by atoms with Crippen LogP contribution in [-0.2, 0) is 14.3 Å². The molecule has 2 atom stereocenters. The van der Waals surface area contributed by atoms with E-state index in [0.717, 1.165) is 19.3 Å². The van der Waals surface area contributed by atoms with Crippen LogP contribution in [0.25, 0.3) is 0 Å². The van der Waals surface area contributed by atoms with E-state index in [4.69, 9.17) is 9.47 Å². The van der Waals surface area contributed by atoms with Gasteiger partial charge in [0, 0.05) is 17.6 Å². The predicted octanol–water partition coefficient (Wildman–Crippen LogP) is 2.64. The third-order valence-corrected chi connectivity index (χ3v) is 5.01. The molecule has 9 nitrogen and oxygen atoms in total. The van der Waals surface area contributed by atoms with Crippen LogP contribution < -0.4 is 15.4 Å². The van der Waals surface area contributed by atoms with E-state index in [2.05, 4.69) is 10.6 Å². The van der Waals surface area contributed by atoms with Crippen molar-refractivity contribution in [2.24, 2.45) is 0 Å². The fourth-order valence-electron chi connectivity index (χ4n) is 3.57. The Bertz CT molecular complexity index is 821. The number of benzene rings is 1. The Kier molecular flexibility index (Phi) is 8.63. The standard InChI is InChI=1S/C23H33N3O6/c1-15-7-6-8-16(2)26(15)20(28)14-31-18-11-9-17(10-12-18)21(29)32-13-19(27)24-22(30)25-23(3,4)5/h9-12,15-16H,6-8,13-14H2,1-5H3,(H2,24,25,27,30). The number of nitrogens with zero attached hydrogens (tertiary/aromatic N) is 1. The number of hydrogen-bond donors (Lipinski definition) is 2. The summed E-state index contributed by atoms with van der Waals surface area (Å²) in [6, 6.07) is 5.82. The van der Waals surface area contributed by atoms with Gasteiger partial charge in [-0.2, -0.15) is 0 Å². The minimum Gasteiger partial charge on any atom is -0.484 e. The average Bonchev–Trinajstić information content (AvgIpc) is 2.69. The van der Waals surface area contributed by atoms with Crippen LogP contribution in [0.5, 0.6) is 5.75 Å². The molecule has 32 heavy (non-hydrogen) atoms. The van der Waals surface area contributed by atoms with Gasteiger partial charge in [-0.25, -0.2) is 9.59 Å². The third kappa shape index (κ3) is 7.86. The number of imide groups is 1. The number of piperidine rings is 1. The number of likely N-dealkylation sites (tertiary alicyclic amines) is 1. The van der Waals surface area contributed by atoms with Crippen molar-refractivity contribution >= 4 is 23.8 Å². The Morgan fingerprint density at radius 3 is 2.16 bits per heavy atom. The van der Waals surface area contributed by atoms with E-state index in [1.165, 1.54) is 12.1 Å². The number of carbonyl (C=O) groups is 4. The maximum absolute atomic E-state index is 12.5. The van der Waals surface area contributed by atoms with Gasteiger partial charge in [0.15, 0.2) is 13.2 Å². The van der Waals surface area contributed by atoms with E-state index in [0.29, 0.717) is 5.75 Å². The normalized spacial score (nSPS) is 18.5. The van der Waals surface area contributed by atoms with Crippen LogP contribution in [0.15, 0.2) is 24.3 Å². The van der Waals surface area contributed by atoms with Crippen LogP contribution in [0.1, 0.15) is 64.2 Å². The summed E-state index contributed by atoms with van der Waals surface area (Å²) in [5, 5.41) is 4.66. The van der Waals surface area contributed by atoms with Crippen molar-refractivity contribution in [2.75, 3.05) is 13.2 Å². The maximum atomic E-state index is 12.5. The molecule has 176 valence electrons.